The van der Waals surface area contributed by atoms with Gasteiger partial charge in [0.15, 0.2) is 11.6 Å². The average Bonchev–Trinajstić information content (AvgIpc) is 2.94. The molecule has 1 aliphatic heterocycles. The van der Waals surface area contributed by atoms with Crippen LogP contribution >= 0.6 is 0 Å². The number of rotatable bonds is 5. The molecular weight excluding hydrogens is 247 g/mol. The Morgan fingerprint density at radius 1 is 1.53 bits per heavy atom. The summed E-state index contributed by atoms with van der Waals surface area (Å²) in [6, 6.07) is 6.19. The Labute approximate surface area is 112 Å². The highest BCUT2D eigenvalue weighted by atomic mass is 19.1. The number of hydrogen-bond donors (Lipinski definition) is 1. The van der Waals surface area contributed by atoms with Gasteiger partial charge in [-0.15, -0.1) is 0 Å². The van der Waals surface area contributed by atoms with Crippen LogP contribution in [0.3, 0.4) is 0 Å². The van der Waals surface area contributed by atoms with Gasteiger partial charge in [0.2, 0.25) is 5.91 Å². The van der Waals surface area contributed by atoms with E-state index in [0.717, 1.165) is 19.4 Å². The van der Waals surface area contributed by atoms with Crippen molar-refractivity contribution in [2.45, 2.75) is 18.9 Å². The van der Waals surface area contributed by atoms with Gasteiger partial charge in [-0.25, -0.2) is 4.39 Å². The number of para-hydroxylation sites is 1. The zero-order valence-electron chi connectivity index (χ0n) is 11.1. The number of likely N-dealkylation sites (N-methyl/N-ethyl adjacent to an activating group) is 1. The number of nitrogens with zero attached hydrogens (tertiary/aromatic N) is 1. The van der Waals surface area contributed by atoms with E-state index in [2.05, 4.69) is 5.32 Å². The lowest BCUT2D eigenvalue weighted by Crippen LogP contribution is -2.43. The fourth-order valence-electron chi connectivity index (χ4n) is 2.13. The van der Waals surface area contributed by atoms with E-state index in [4.69, 9.17) is 4.74 Å². The third-order valence-corrected chi connectivity index (χ3v) is 3.26. The summed E-state index contributed by atoms with van der Waals surface area (Å²) in [6.45, 7) is 1.64. The van der Waals surface area contributed by atoms with E-state index in [1.165, 1.54) is 6.07 Å². The van der Waals surface area contributed by atoms with Crippen LogP contribution in [0.25, 0.3) is 0 Å². The highest BCUT2D eigenvalue weighted by Crippen LogP contribution is 2.15. The summed E-state index contributed by atoms with van der Waals surface area (Å²) in [7, 11) is 1.74. The maximum Gasteiger partial charge on any atom is 0.239 e. The van der Waals surface area contributed by atoms with E-state index < -0.39 is 0 Å². The quantitative estimate of drug-likeness (QED) is 0.876. The number of nitrogens with one attached hydrogen (secondary N) is 1. The molecule has 19 heavy (non-hydrogen) atoms. The summed E-state index contributed by atoms with van der Waals surface area (Å²) in [5.74, 6) is -0.0779. The fraction of sp³-hybridized carbons (Fsp3) is 0.500. The van der Waals surface area contributed by atoms with E-state index in [0.29, 0.717) is 6.54 Å². The lowest BCUT2D eigenvalue weighted by molar-refractivity contribution is -0.132. The smallest absolute Gasteiger partial charge is 0.239 e. The zero-order valence-corrected chi connectivity index (χ0v) is 11.1. The topological polar surface area (TPSA) is 41.6 Å². The first-order valence-electron chi connectivity index (χ1n) is 6.54. The predicted octanol–water partition coefficient (Wildman–Crippen LogP) is 1.41. The lowest BCUT2D eigenvalue weighted by Gasteiger charge is -2.21. The Hall–Kier alpha value is -1.62. The van der Waals surface area contributed by atoms with E-state index in [1.807, 2.05) is 0 Å². The van der Waals surface area contributed by atoms with Gasteiger partial charge in [-0.2, -0.15) is 0 Å². The first-order valence-corrected chi connectivity index (χ1v) is 6.54. The number of amides is 1. The van der Waals surface area contributed by atoms with Crippen molar-refractivity contribution in [3.63, 3.8) is 0 Å². The molecule has 2 rings (SSSR count). The third-order valence-electron chi connectivity index (χ3n) is 3.26. The van der Waals surface area contributed by atoms with Gasteiger partial charge in [0.05, 0.1) is 12.6 Å². The number of halogens is 1. The van der Waals surface area contributed by atoms with Gasteiger partial charge in [0.1, 0.15) is 6.61 Å². The van der Waals surface area contributed by atoms with Crippen LogP contribution in [-0.4, -0.2) is 43.6 Å². The molecular formula is C14H19FN2O2. The van der Waals surface area contributed by atoms with Gasteiger partial charge in [0.25, 0.3) is 0 Å². The molecule has 0 bridgehead atoms. The molecule has 1 unspecified atom stereocenters. The van der Waals surface area contributed by atoms with Crippen LogP contribution in [0.15, 0.2) is 24.3 Å². The number of ether oxygens (including phenoxy) is 1. The minimum Gasteiger partial charge on any atom is -0.489 e. The van der Waals surface area contributed by atoms with Crippen molar-refractivity contribution in [1.82, 2.24) is 10.2 Å². The van der Waals surface area contributed by atoms with Crippen LogP contribution in [0.5, 0.6) is 5.75 Å². The largest absolute Gasteiger partial charge is 0.489 e. The van der Waals surface area contributed by atoms with Crippen LogP contribution < -0.4 is 10.1 Å². The number of carbonyl (C=O) groups excluding carboxylic acids is 1. The van der Waals surface area contributed by atoms with Gasteiger partial charge < -0.3 is 15.0 Å². The average molecular weight is 266 g/mol. The van der Waals surface area contributed by atoms with E-state index >= 15 is 0 Å². The molecule has 1 heterocycles. The minimum absolute atomic E-state index is 0.0709. The van der Waals surface area contributed by atoms with Gasteiger partial charge in [-0.3, -0.25) is 4.79 Å². The molecule has 0 aliphatic carbocycles. The van der Waals surface area contributed by atoms with Crippen molar-refractivity contribution in [2.24, 2.45) is 0 Å². The van der Waals surface area contributed by atoms with Crippen LogP contribution in [0.4, 0.5) is 4.39 Å². The normalized spacial score (nSPS) is 18.3. The number of carbonyl (C=O) groups is 1. The summed E-state index contributed by atoms with van der Waals surface area (Å²) >= 11 is 0. The van der Waals surface area contributed by atoms with Crippen molar-refractivity contribution < 1.29 is 13.9 Å². The predicted molar refractivity (Wildman–Crippen MR) is 70.6 cm³/mol. The summed E-state index contributed by atoms with van der Waals surface area (Å²) < 4.78 is 18.6. The van der Waals surface area contributed by atoms with Gasteiger partial charge in [-0.1, -0.05) is 12.1 Å². The van der Waals surface area contributed by atoms with Crippen molar-refractivity contribution in [2.75, 3.05) is 26.7 Å². The minimum atomic E-state index is -0.381. The summed E-state index contributed by atoms with van der Waals surface area (Å²) in [5.41, 5.74) is 0. The summed E-state index contributed by atoms with van der Waals surface area (Å²) in [4.78, 5) is 13.6. The molecule has 4 nitrogen and oxygen atoms in total. The maximum atomic E-state index is 13.3. The molecule has 5 heteroatoms. The molecule has 1 atom stereocenters. The second kappa shape index (κ2) is 6.52. The highest BCUT2D eigenvalue weighted by Gasteiger charge is 2.24. The number of hydrogen-bond acceptors (Lipinski definition) is 3. The second-order valence-electron chi connectivity index (χ2n) is 4.69. The Bertz CT molecular complexity index is 433. The molecule has 1 aromatic rings. The van der Waals surface area contributed by atoms with Crippen molar-refractivity contribution >= 4 is 5.91 Å². The molecule has 0 spiro atoms. The van der Waals surface area contributed by atoms with Gasteiger partial charge >= 0.3 is 0 Å². The molecule has 1 aromatic carbocycles. The van der Waals surface area contributed by atoms with E-state index in [-0.39, 0.29) is 30.1 Å². The van der Waals surface area contributed by atoms with Gasteiger partial charge in [-0.05, 0) is 31.5 Å². The maximum absolute atomic E-state index is 13.3. The SMILES string of the molecule is CN(CCOc1ccccc1F)C(=O)C1CCCN1. The Kier molecular flexibility index (Phi) is 4.74. The molecule has 0 radical (unpaired) electrons. The van der Waals surface area contributed by atoms with Crippen LogP contribution in [0, 0.1) is 5.82 Å². The van der Waals surface area contributed by atoms with E-state index in [9.17, 15) is 9.18 Å². The molecule has 1 saturated heterocycles. The van der Waals surface area contributed by atoms with Crippen molar-refractivity contribution in [1.29, 1.82) is 0 Å². The van der Waals surface area contributed by atoms with Crippen LogP contribution in [0.2, 0.25) is 0 Å². The van der Waals surface area contributed by atoms with Crippen LogP contribution in [-0.2, 0) is 4.79 Å². The lowest BCUT2D eigenvalue weighted by atomic mass is 10.2. The number of benzene rings is 1. The molecule has 1 N–H and O–H groups in total. The Balaban J connectivity index is 1.76. The first kappa shape index (κ1) is 13.8. The van der Waals surface area contributed by atoms with E-state index in [1.54, 1.807) is 30.1 Å². The molecule has 1 aliphatic rings. The van der Waals surface area contributed by atoms with Crippen LogP contribution in [0.1, 0.15) is 12.8 Å². The molecule has 104 valence electrons. The molecule has 1 fully saturated rings. The molecule has 1 amide bonds. The van der Waals surface area contributed by atoms with Crippen molar-refractivity contribution in [3.8, 4) is 5.75 Å². The van der Waals surface area contributed by atoms with Gasteiger partial charge in [0, 0.05) is 7.05 Å². The molecule has 0 saturated carbocycles. The fourth-order valence-corrected chi connectivity index (χ4v) is 2.13. The Morgan fingerprint density at radius 3 is 3.00 bits per heavy atom. The monoisotopic (exact) mass is 266 g/mol. The summed E-state index contributed by atoms with van der Waals surface area (Å²) in [6.07, 6.45) is 1.92. The standard InChI is InChI=1S/C14H19FN2O2/c1-17(14(18)12-6-4-8-16-12)9-10-19-13-7-3-2-5-11(13)15/h2-3,5,7,12,16H,4,6,8-10H2,1H3. The third kappa shape index (κ3) is 3.67. The zero-order chi connectivity index (χ0) is 13.7. The Morgan fingerprint density at radius 2 is 2.32 bits per heavy atom. The summed E-state index contributed by atoms with van der Waals surface area (Å²) in [5, 5.41) is 3.16. The first-order chi connectivity index (χ1) is 9.18. The second-order valence-corrected chi connectivity index (χ2v) is 4.69. The highest BCUT2D eigenvalue weighted by molar-refractivity contribution is 5.81. The molecule has 0 aromatic heterocycles. The van der Waals surface area contributed by atoms with Crippen molar-refractivity contribution in [3.05, 3.63) is 30.1 Å².